The number of likely N-dealkylation sites (tertiary alicyclic amines) is 3. The predicted octanol–water partition coefficient (Wildman–Crippen LogP) is 3.08. The third-order valence-electron chi connectivity index (χ3n) is 7.69. The minimum Gasteiger partial charge on any atom is -0.332 e. The van der Waals surface area contributed by atoms with E-state index >= 15 is 0 Å². The summed E-state index contributed by atoms with van der Waals surface area (Å²) in [7, 11) is -3.88. The molecular weight excluding hydrogens is 532 g/mol. The number of amides is 2. The molecule has 0 saturated carbocycles. The maximum Gasteiger partial charge on any atom is 0.250 e. The lowest BCUT2D eigenvalue weighted by Crippen LogP contribution is -2.54. The smallest absolute Gasteiger partial charge is 0.250 e. The van der Waals surface area contributed by atoms with Crippen LogP contribution in [0.5, 0.6) is 0 Å². The lowest BCUT2D eigenvalue weighted by molar-refractivity contribution is -0.143. The van der Waals surface area contributed by atoms with Crippen molar-refractivity contribution in [2.45, 2.75) is 61.7 Å². The Morgan fingerprint density at radius 3 is 2.64 bits per heavy atom. The van der Waals surface area contributed by atoms with Crippen LogP contribution in [0.4, 0.5) is 0 Å². The molecule has 8 nitrogen and oxygen atoms in total. The average molecular weight is 569 g/mol. The van der Waals surface area contributed by atoms with Crippen LogP contribution in [0.3, 0.4) is 0 Å². The van der Waals surface area contributed by atoms with Crippen LogP contribution in [0.1, 0.15) is 44.1 Å². The van der Waals surface area contributed by atoms with Gasteiger partial charge in [-0.1, -0.05) is 41.7 Å². The van der Waals surface area contributed by atoms with Gasteiger partial charge in [-0.3, -0.25) is 14.5 Å². The molecule has 0 spiro atoms. The normalized spacial score (nSPS) is 22.2. The summed E-state index contributed by atoms with van der Waals surface area (Å²) in [6.07, 6.45) is 5.23. The Bertz CT molecular complexity index is 1370. The Labute approximate surface area is 235 Å². The van der Waals surface area contributed by atoms with E-state index in [4.69, 9.17) is 0 Å². The highest BCUT2D eigenvalue weighted by Crippen LogP contribution is 2.29. The second-order valence-corrected chi connectivity index (χ2v) is 13.5. The highest BCUT2D eigenvalue weighted by Gasteiger charge is 2.36. The quantitative estimate of drug-likeness (QED) is 0.519. The lowest BCUT2D eigenvalue weighted by Gasteiger charge is -2.33. The molecule has 1 aromatic carbocycles. The molecule has 2 aromatic rings. The number of hydrogen-bond donors (Lipinski definition) is 1. The first-order valence-corrected chi connectivity index (χ1v) is 16.1. The van der Waals surface area contributed by atoms with Crippen molar-refractivity contribution >= 4 is 33.2 Å². The molecular formula is C29H36N4O4S2. The number of piperidine rings is 1. The molecule has 3 saturated heterocycles. The van der Waals surface area contributed by atoms with Crippen molar-refractivity contribution < 1.29 is 18.0 Å². The Morgan fingerprint density at radius 1 is 1.05 bits per heavy atom. The molecule has 0 unspecified atom stereocenters. The van der Waals surface area contributed by atoms with Crippen molar-refractivity contribution in [3.63, 3.8) is 0 Å². The van der Waals surface area contributed by atoms with Gasteiger partial charge in [0.25, 0.3) is 10.0 Å². The second kappa shape index (κ2) is 12.2. The van der Waals surface area contributed by atoms with Crippen LogP contribution in [0.25, 0.3) is 11.1 Å². The number of aryl methyl sites for hydroxylation is 1. The summed E-state index contributed by atoms with van der Waals surface area (Å²) in [5.41, 5.74) is 2.88. The van der Waals surface area contributed by atoms with E-state index in [2.05, 4.69) is 21.5 Å². The minimum atomic E-state index is -3.88. The van der Waals surface area contributed by atoms with Gasteiger partial charge in [0.1, 0.15) is 10.3 Å². The van der Waals surface area contributed by atoms with E-state index in [0.29, 0.717) is 25.9 Å². The van der Waals surface area contributed by atoms with E-state index in [1.54, 1.807) is 11.0 Å². The van der Waals surface area contributed by atoms with Crippen LogP contribution < -0.4 is 4.72 Å². The van der Waals surface area contributed by atoms with Gasteiger partial charge >= 0.3 is 0 Å². The summed E-state index contributed by atoms with van der Waals surface area (Å²) < 4.78 is 29.1. The molecule has 0 aliphatic carbocycles. The fraction of sp³-hybridized carbons (Fsp3) is 0.517. The van der Waals surface area contributed by atoms with Crippen LogP contribution in [0, 0.1) is 18.8 Å². The number of thiophene rings is 1. The van der Waals surface area contributed by atoms with Gasteiger partial charge in [-0.2, -0.15) is 4.72 Å². The molecule has 1 N–H and O–H groups in total. The van der Waals surface area contributed by atoms with Crippen LogP contribution in [-0.4, -0.2) is 86.3 Å². The first-order chi connectivity index (χ1) is 18.8. The number of hydrogen-bond acceptors (Lipinski definition) is 6. The van der Waals surface area contributed by atoms with E-state index in [0.717, 1.165) is 60.5 Å². The van der Waals surface area contributed by atoms with Crippen LogP contribution >= 0.6 is 11.3 Å². The summed E-state index contributed by atoms with van der Waals surface area (Å²) in [6, 6.07) is 8.54. The largest absolute Gasteiger partial charge is 0.332 e. The number of nitrogens with zero attached hydrogens (tertiary/aromatic N) is 3. The minimum absolute atomic E-state index is 0.0438. The zero-order valence-electron chi connectivity index (χ0n) is 22.4. The maximum absolute atomic E-state index is 13.2. The summed E-state index contributed by atoms with van der Waals surface area (Å²) in [5.74, 6) is 6.08. The van der Waals surface area contributed by atoms with Gasteiger partial charge in [0, 0.05) is 13.1 Å². The molecule has 208 valence electrons. The fourth-order valence-corrected chi connectivity index (χ4v) is 8.00. The number of nitrogens with one attached hydrogen (secondary N) is 1. The Morgan fingerprint density at radius 2 is 1.85 bits per heavy atom. The van der Waals surface area contributed by atoms with E-state index < -0.39 is 16.1 Å². The van der Waals surface area contributed by atoms with Crippen LogP contribution in [0.2, 0.25) is 0 Å². The summed E-state index contributed by atoms with van der Waals surface area (Å²) in [5, 5.41) is 1.82. The molecule has 39 heavy (non-hydrogen) atoms. The molecule has 3 aliphatic heterocycles. The third kappa shape index (κ3) is 6.72. The first-order valence-electron chi connectivity index (χ1n) is 13.8. The molecule has 2 amide bonds. The molecule has 10 heteroatoms. The van der Waals surface area contributed by atoms with Gasteiger partial charge in [0.05, 0.1) is 19.1 Å². The van der Waals surface area contributed by atoms with E-state index in [9.17, 15) is 18.0 Å². The third-order valence-corrected chi connectivity index (χ3v) is 10.6. The van der Waals surface area contributed by atoms with Crippen molar-refractivity contribution in [1.82, 2.24) is 19.4 Å². The molecule has 2 atom stereocenters. The second-order valence-electron chi connectivity index (χ2n) is 10.6. The van der Waals surface area contributed by atoms with E-state index in [1.165, 1.54) is 17.7 Å². The number of benzene rings is 1. The van der Waals surface area contributed by atoms with Gasteiger partial charge in [0.15, 0.2) is 0 Å². The zero-order chi connectivity index (χ0) is 27.4. The van der Waals surface area contributed by atoms with E-state index in [1.807, 2.05) is 36.6 Å². The number of carbonyl (C=O) groups is 2. The van der Waals surface area contributed by atoms with Gasteiger partial charge < -0.3 is 9.80 Å². The molecule has 3 aliphatic rings. The van der Waals surface area contributed by atoms with Gasteiger partial charge in [-0.25, -0.2) is 8.42 Å². The van der Waals surface area contributed by atoms with Gasteiger partial charge in [0.2, 0.25) is 11.8 Å². The SMILES string of the molecule is Cc1cccc(-c2csc(S(=O)(=O)N[C@H]3CCCN(CC(=O)N4CCC[C@H]4C#CCN4CCCC4)C3=O)c2)c1. The number of carbonyl (C=O) groups excluding carboxylic acids is 2. The summed E-state index contributed by atoms with van der Waals surface area (Å²) in [6.45, 7) is 5.95. The highest BCUT2D eigenvalue weighted by atomic mass is 32.2. The maximum atomic E-state index is 13.2. The number of sulfonamides is 1. The van der Waals surface area contributed by atoms with Gasteiger partial charge in [-0.15, -0.1) is 11.3 Å². The van der Waals surface area contributed by atoms with Crippen LogP contribution in [0.15, 0.2) is 39.9 Å². The van der Waals surface area contributed by atoms with Crippen molar-refractivity contribution in [3.05, 3.63) is 41.3 Å². The Hall–Kier alpha value is -2.71. The van der Waals surface area contributed by atoms with Crippen LogP contribution in [-0.2, 0) is 19.6 Å². The molecule has 4 heterocycles. The van der Waals surface area contributed by atoms with Crippen molar-refractivity contribution in [2.75, 3.05) is 39.3 Å². The monoisotopic (exact) mass is 568 g/mol. The average Bonchev–Trinajstić information content (AvgIpc) is 3.69. The first kappa shape index (κ1) is 27.8. The molecule has 3 fully saturated rings. The fourth-order valence-electron chi connectivity index (χ4n) is 5.57. The standard InChI is InChI=1S/C29H36N4O4S2/c1-22-8-4-9-23(18-22)24-19-28(38-21-24)39(36,37)30-26-12-7-16-32(29(26)35)20-27(34)33-17-6-11-25(33)10-5-15-31-13-2-3-14-31/h4,8-9,18-19,21,25-26,30H,2-3,6-7,11-17,20H2,1H3/t25-,26+/m1/s1. The molecule has 0 bridgehead atoms. The number of rotatable bonds is 7. The predicted molar refractivity (Wildman–Crippen MR) is 153 cm³/mol. The molecule has 5 rings (SSSR count). The topological polar surface area (TPSA) is 90.0 Å². The summed E-state index contributed by atoms with van der Waals surface area (Å²) in [4.78, 5) is 32.0. The lowest BCUT2D eigenvalue weighted by atomic mass is 10.1. The zero-order valence-corrected chi connectivity index (χ0v) is 24.0. The van der Waals surface area contributed by atoms with E-state index in [-0.39, 0.29) is 28.6 Å². The van der Waals surface area contributed by atoms with Gasteiger partial charge in [-0.05, 0) is 81.1 Å². The van der Waals surface area contributed by atoms with Crippen molar-refractivity contribution in [3.8, 4) is 23.0 Å². The highest BCUT2D eigenvalue weighted by molar-refractivity contribution is 7.91. The van der Waals surface area contributed by atoms with Crippen molar-refractivity contribution in [2.24, 2.45) is 0 Å². The van der Waals surface area contributed by atoms with Crippen molar-refractivity contribution in [1.29, 1.82) is 0 Å². The molecule has 0 radical (unpaired) electrons. The summed E-state index contributed by atoms with van der Waals surface area (Å²) >= 11 is 1.14. The molecule has 1 aromatic heterocycles. The Kier molecular flexibility index (Phi) is 8.72. The Balaban J connectivity index is 1.19.